The van der Waals surface area contributed by atoms with Crippen LogP contribution in [0.1, 0.15) is 6.42 Å². The van der Waals surface area contributed by atoms with Gasteiger partial charge in [0.25, 0.3) is 0 Å². The first kappa shape index (κ1) is 12.6. The van der Waals surface area contributed by atoms with E-state index in [1.54, 1.807) is 0 Å². The molecule has 2 unspecified atom stereocenters. The number of nitrogens with one attached hydrogen (secondary N) is 1. The van der Waals surface area contributed by atoms with E-state index in [0.29, 0.717) is 0 Å². The lowest BCUT2D eigenvalue weighted by Crippen LogP contribution is -2.46. The van der Waals surface area contributed by atoms with Gasteiger partial charge in [0.05, 0.1) is 6.67 Å². The molecule has 0 aromatic heterocycles. The van der Waals surface area contributed by atoms with Crippen molar-refractivity contribution in [1.82, 2.24) is 5.32 Å². The Balaban J connectivity index is 4.41. The van der Waals surface area contributed by atoms with Crippen LogP contribution in [0.15, 0.2) is 12.2 Å². The fourth-order valence-corrected chi connectivity index (χ4v) is 0.876. The van der Waals surface area contributed by atoms with Gasteiger partial charge < -0.3 is 15.5 Å². The summed E-state index contributed by atoms with van der Waals surface area (Å²) in [6, 6.07) is -1.48. The minimum absolute atomic E-state index is 0.0363. The van der Waals surface area contributed by atoms with Crippen LogP contribution in [0.4, 0.5) is 4.39 Å². The Bertz CT molecular complexity index is 231. The Morgan fingerprint density at radius 3 is 2.57 bits per heavy atom. The molecule has 0 fully saturated rings. The van der Waals surface area contributed by atoms with Crippen molar-refractivity contribution in [3.05, 3.63) is 12.2 Å². The van der Waals surface area contributed by atoms with E-state index in [-0.39, 0.29) is 18.4 Å². The van der Waals surface area contributed by atoms with Crippen LogP contribution in [0.5, 0.6) is 0 Å². The zero-order valence-electron chi connectivity index (χ0n) is 7.44. The molecule has 80 valence electrons. The summed E-state index contributed by atoms with van der Waals surface area (Å²) in [5, 5.41) is 19.8. The van der Waals surface area contributed by atoms with Crippen molar-refractivity contribution in [2.24, 2.45) is 0 Å². The third kappa shape index (κ3) is 3.53. The number of carboxylic acid groups (broad SMARTS) is 1. The molecule has 0 rings (SSSR count). The van der Waals surface area contributed by atoms with Crippen molar-refractivity contribution in [3.63, 3.8) is 0 Å². The maximum absolute atomic E-state index is 11.8. The zero-order chi connectivity index (χ0) is 11.1. The van der Waals surface area contributed by atoms with E-state index < -0.39 is 24.8 Å². The van der Waals surface area contributed by atoms with Crippen LogP contribution >= 0.6 is 0 Å². The number of rotatable bonds is 7. The van der Waals surface area contributed by atoms with Crippen molar-refractivity contribution in [1.29, 1.82) is 0 Å². The number of amides is 1. The molecule has 0 aromatic carbocycles. The minimum Gasteiger partial charge on any atom is -0.480 e. The van der Waals surface area contributed by atoms with E-state index in [1.165, 1.54) is 0 Å². The Labute approximate surface area is 80.2 Å². The van der Waals surface area contributed by atoms with E-state index in [4.69, 9.17) is 5.11 Å². The van der Waals surface area contributed by atoms with E-state index in [9.17, 15) is 19.1 Å². The van der Waals surface area contributed by atoms with Gasteiger partial charge in [0.1, 0.15) is 6.10 Å². The van der Waals surface area contributed by atoms with E-state index in [0.717, 1.165) is 0 Å². The van der Waals surface area contributed by atoms with Crippen molar-refractivity contribution < 1.29 is 24.2 Å². The predicted molar refractivity (Wildman–Crippen MR) is 46.4 cm³/mol. The van der Waals surface area contributed by atoms with Crippen molar-refractivity contribution >= 4 is 12.4 Å². The molecule has 0 radical (unpaired) electrons. The van der Waals surface area contributed by atoms with Gasteiger partial charge in [-0.05, 0) is 12.0 Å². The summed E-state index contributed by atoms with van der Waals surface area (Å²) in [5.74, 6) is -1.40. The maximum atomic E-state index is 11.8. The quantitative estimate of drug-likeness (QED) is 0.385. The third-order valence-electron chi connectivity index (χ3n) is 1.66. The number of aliphatic carboxylic acids is 1. The molecule has 0 spiro atoms. The molecule has 0 aliphatic heterocycles. The third-order valence-corrected chi connectivity index (χ3v) is 1.66. The SMILES string of the molecule is C=C(CCF)C(O)C(NC=O)C(=O)O. The van der Waals surface area contributed by atoms with Crippen LogP contribution in [-0.4, -0.2) is 41.4 Å². The zero-order valence-corrected chi connectivity index (χ0v) is 7.44. The number of carbonyl (C=O) groups is 2. The smallest absolute Gasteiger partial charge is 0.329 e. The molecule has 3 N–H and O–H groups in total. The summed E-state index contributed by atoms with van der Waals surface area (Å²) in [6.07, 6.45) is -1.45. The first-order valence-corrected chi connectivity index (χ1v) is 3.88. The molecule has 0 aromatic rings. The summed E-state index contributed by atoms with van der Waals surface area (Å²) in [6.45, 7) is 2.59. The fraction of sp³-hybridized carbons (Fsp3) is 0.500. The standard InChI is InChI=1S/C8H12FNO4/c1-5(2-3-9)7(12)6(8(13)14)10-4-11/h4,6-7,12H,1-3H2,(H,10,11)(H,13,14). The van der Waals surface area contributed by atoms with Crippen LogP contribution < -0.4 is 5.32 Å². The Kier molecular flexibility index (Phi) is 5.47. The fourth-order valence-electron chi connectivity index (χ4n) is 0.876. The minimum atomic E-state index is -1.48. The maximum Gasteiger partial charge on any atom is 0.329 e. The average molecular weight is 205 g/mol. The Hall–Kier alpha value is -1.43. The number of hydrogen-bond donors (Lipinski definition) is 3. The lowest BCUT2D eigenvalue weighted by molar-refractivity contribution is -0.143. The molecular formula is C8H12FNO4. The summed E-state index contributed by atoms with van der Waals surface area (Å²) in [4.78, 5) is 20.5. The van der Waals surface area contributed by atoms with Crippen molar-refractivity contribution in [2.45, 2.75) is 18.6 Å². The van der Waals surface area contributed by atoms with Gasteiger partial charge in [-0.15, -0.1) is 0 Å². The normalized spacial score (nSPS) is 14.1. The van der Waals surface area contributed by atoms with Gasteiger partial charge in [0, 0.05) is 0 Å². The van der Waals surface area contributed by atoms with E-state index in [2.05, 4.69) is 6.58 Å². The summed E-state index contributed by atoms with van der Waals surface area (Å²) in [7, 11) is 0. The number of hydrogen-bond acceptors (Lipinski definition) is 3. The van der Waals surface area contributed by atoms with Gasteiger partial charge in [-0.2, -0.15) is 0 Å². The van der Waals surface area contributed by atoms with Crippen LogP contribution in [-0.2, 0) is 9.59 Å². The topological polar surface area (TPSA) is 86.6 Å². The largest absolute Gasteiger partial charge is 0.480 e. The lowest BCUT2D eigenvalue weighted by atomic mass is 10.0. The summed E-state index contributed by atoms with van der Waals surface area (Å²) < 4.78 is 11.8. The van der Waals surface area contributed by atoms with Crippen LogP contribution in [0.25, 0.3) is 0 Å². The average Bonchev–Trinajstić information content (AvgIpc) is 2.13. The molecule has 0 aliphatic carbocycles. The molecule has 6 heteroatoms. The highest BCUT2D eigenvalue weighted by Crippen LogP contribution is 2.09. The van der Waals surface area contributed by atoms with Crippen molar-refractivity contribution in [2.75, 3.05) is 6.67 Å². The highest BCUT2D eigenvalue weighted by molar-refractivity contribution is 5.77. The molecule has 0 saturated heterocycles. The number of aliphatic hydroxyl groups excluding tert-OH is 1. The lowest BCUT2D eigenvalue weighted by Gasteiger charge is -2.19. The molecule has 2 atom stereocenters. The number of carbonyl (C=O) groups excluding carboxylic acids is 1. The van der Waals surface area contributed by atoms with E-state index >= 15 is 0 Å². The van der Waals surface area contributed by atoms with Crippen LogP contribution in [0, 0.1) is 0 Å². The number of aliphatic hydroxyl groups is 1. The van der Waals surface area contributed by atoms with Gasteiger partial charge in [0.15, 0.2) is 6.04 Å². The van der Waals surface area contributed by atoms with Crippen molar-refractivity contribution in [3.8, 4) is 0 Å². The number of alkyl halides is 1. The summed E-state index contributed by atoms with van der Waals surface area (Å²) >= 11 is 0. The predicted octanol–water partition coefficient (Wildman–Crippen LogP) is -0.538. The van der Waals surface area contributed by atoms with Gasteiger partial charge in [-0.1, -0.05) is 6.58 Å². The summed E-state index contributed by atoms with van der Waals surface area (Å²) in [5.41, 5.74) is 0.0363. The van der Waals surface area contributed by atoms with Gasteiger partial charge in [-0.3, -0.25) is 9.18 Å². The molecule has 5 nitrogen and oxygen atoms in total. The van der Waals surface area contributed by atoms with Gasteiger partial charge >= 0.3 is 5.97 Å². The van der Waals surface area contributed by atoms with Gasteiger partial charge in [-0.25, -0.2) is 4.79 Å². The molecule has 1 amide bonds. The first-order chi connectivity index (χ1) is 6.54. The first-order valence-electron chi connectivity index (χ1n) is 3.88. The highest BCUT2D eigenvalue weighted by atomic mass is 19.1. The van der Waals surface area contributed by atoms with Crippen LogP contribution in [0.3, 0.4) is 0 Å². The van der Waals surface area contributed by atoms with Gasteiger partial charge in [0.2, 0.25) is 6.41 Å². The molecule has 0 bridgehead atoms. The molecule has 0 aliphatic rings. The highest BCUT2D eigenvalue weighted by Gasteiger charge is 2.27. The monoisotopic (exact) mass is 205 g/mol. The number of carboxylic acids is 1. The second-order valence-corrected chi connectivity index (χ2v) is 2.64. The molecule has 0 heterocycles. The Morgan fingerprint density at radius 1 is 1.64 bits per heavy atom. The molecule has 14 heavy (non-hydrogen) atoms. The van der Waals surface area contributed by atoms with Crippen LogP contribution in [0.2, 0.25) is 0 Å². The molecule has 0 saturated carbocycles. The number of halogens is 1. The molecular weight excluding hydrogens is 193 g/mol. The van der Waals surface area contributed by atoms with E-state index in [1.807, 2.05) is 5.32 Å². The second-order valence-electron chi connectivity index (χ2n) is 2.64. The Morgan fingerprint density at radius 2 is 2.21 bits per heavy atom. The second kappa shape index (κ2) is 6.09.